The average molecular weight is 441 g/mol. The normalized spacial score (nSPS) is 10.3. The summed E-state index contributed by atoms with van der Waals surface area (Å²) >= 11 is 6.79. The number of anilines is 1. The number of thiophene rings is 1. The summed E-state index contributed by atoms with van der Waals surface area (Å²) in [5.74, 6) is -1.38. The zero-order chi connectivity index (χ0) is 21.5. The molecule has 1 heterocycles. The van der Waals surface area contributed by atoms with E-state index in [1.54, 1.807) is 37.3 Å². The van der Waals surface area contributed by atoms with Crippen molar-refractivity contribution < 1.29 is 19.4 Å². The fourth-order valence-corrected chi connectivity index (χ4v) is 3.98. The van der Waals surface area contributed by atoms with Crippen molar-refractivity contribution in [2.45, 2.75) is 13.5 Å². The van der Waals surface area contributed by atoms with Gasteiger partial charge in [0.05, 0.1) is 17.7 Å². The Labute approximate surface area is 183 Å². The first-order valence-corrected chi connectivity index (χ1v) is 10.4. The predicted octanol–water partition coefficient (Wildman–Crippen LogP) is 4.78. The van der Waals surface area contributed by atoms with Gasteiger partial charge in [0.15, 0.2) is 5.11 Å². The largest absolute Gasteiger partial charge is 0.478 e. The Morgan fingerprint density at radius 1 is 1.10 bits per heavy atom. The summed E-state index contributed by atoms with van der Waals surface area (Å²) < 4.78 is 5.18. The smallest absolute Gasteiger partial charge is 0.341 e. The van der Waals surface area contributed by atoms with Crippen molar-refractivity contribution >= 4 is 45.6 Å². The summed E-state index contributed by atoms with van der Waals surface area (Å²) in [6, 6.07) is 18.1. The summed E-state index contributed by atoms with van der Waals surface area (Å²) in [5.41, 5.74) is 2.53. The Balaban J connectivity index is 1.72. The number of thiocarbonyl (C=S) groups is 1. The molecule has 0 radical (unpaired) electrons. The molecule has 6 nitrogen and oxygen atoms in total. The molecule has 0 aliphatic heterocycles. The average Bonchev–Trinajstić information content (AvgIpc) is 3.17. The van der Waals surface area contributed by atoms with Gasteiger partial charge in [-0.15, -0.1) is 11.3 Å². The van der Waals surface area contributed by atoms with Crippen LogP contribution < -0.4 is 10.6 Å². The molecule has 3 rings (SSSR count). The van der Waals surface area contributed by atoms with Crippen LogP contribution in [0.3, 0.4) is 0 Å². The molecule has 2 aromatic carbocycles. The number of benzene rings is 2. The number of rotatable bonds is 7. The van der Waals surface area contributed by atoms with Crippen molar-refractivity contribution in [2.75, 3.05) is 11.9 Å². The Morgan fingerprint density at radius 3 is 2.43 bits per heavy atom. The molecule has 0 saturated carbocycles. The van der Waals surface area contributed by atoms with Crippen LogP contribution in [0.2, 0.25) is 0 Å². The van der Waals surface area contributed by atoms with Crippen LogP contribution in [-0.2, 0) is 11.3 Å². The highest BCUT2D eigenvalue weighted by Gasteiger charge is 2.19. The zero-order valence-electron chi connectivity index (χ0n) is 16.2. The number of nitrogens with one attached hydrogen (secondary N) is 2. The van der Waals surface area contributed by atoms with Gasteiger partial charge in [0.25, 0.3) is 0 Å². The van der Waals surface area contributed by atoms with E-state index in [1.165, 1.54) is 11.3 Å². The molecule has 0 aliphatic rings. The summed E-state index contributed by atoms with van der Waals surface area (Å²) in [6.45, 7) is 2.46. The number of carboxylic acids is 1. The lowest BCUT2D eigenvalue weighted by molar-refractivity contribution is 0.0527. The summed E-state index contributed by atoms with van der Waals surface area (Å²) in [4.78, 5) is 24.3. The standard InChI is InChI=1S/C22H20N2O4S2/c1-2-28-21(27)17-12-18(15-6-4-3-5-7-15)30-19(17)24-22(29)23-13-14-8-10-16(11-9-14)20(25)26/h3-12H,2,13H2,1H3,(H,25,26)(H2,23,24,29). The third-order valence-electron chi connectivity index (χ3n) is 4.17. The van der Waals surface area contributed by atoms with Crippen LogP contribution in [0.1, 0.15) is 33.2 Å². The summed E-state index contributed by atoms with van der Waals surface area (Å²) in [6.07, 6.45) is 0. The van der Waals surface area contributed by atoms with Gasteiger partial charge in [0.2, 0.25) is 0 Å². The molecule has 3 aromatic rings. The van der Waals surface area contributed by atoms with E-state index >= 15 is 0 Å². The van der Waals surface area contributed by atoms with Crippen molar-refractivity contribution in [3.63, 3.8) is 0 Å². The number of carbonyl (C=O) groups excluding carboxylic acids is 1. The van der Waals surface area contributed by atoms with Gasteiger partial charge in [0.1, 0.15) is 5.00 Å². The molecular formula is C22H20N2O4S2. The molecule has 0 saturated heterocycles. The van der Waals surface area contributed by atoms with E-state index in [4.69, 9.17) is 22.1 Å². The molecule has 3 N–H and O–H groups in total. The SMILES string of the molecule is CCOC(=O)c1cc(-c2ccccc2)sc1NC(=S)NCc1ccc(C(=O)O)cc1. The van der Waals surface area contributed by atoms with Crippen LogP contribution in [0.25, 0.3) is 10.4 Å². The maximum absolute atomic E-state index is 12.4. The predicted molar refractivity (Wildman–Crippen MR) is 122 cm³/mol. The highest BCUT2D eigenvalue weighted by Crippen LogP contribution is 2.35. The molecule has 0 unspecified atom stereocenters. The molecule has 0 fully saturated rings. The minimum Gasteiger partial charge on any atom is -0.478 e. The van der Waals surface area contributed by atoms with E-state index in [9.17, 15) is 9.59 Å². The van der Waals surface area contributed by atoms with E-state index in [0.717, 1.165) is 16.0 Å². The van der Waals surface area contributed by atoms with E-state index in [1.807, 2.05) is 30.3 Å². The molecule has 0 spiro atoms. The Morgan fingerprint density at radius 2 is 1.80 bits per heavy atom. The topological polar surface area (TPSA) is 87.7 Å². The van der Waals surface area contributed by atoms with Gasteiger partial charge in [-0.25, -0.2) is 9.59 Å². The number of ether oxygens (including phenoxy) is 1. The molecule has 1 aromatic heterocycles. The van der Waals surface area contributed by atoms with Crippen molar-refractivity contribution in [3.8, 4) is 10.4 Å². The van der Waals surface area contributed by atoms with Gasteiger partial charge in [-0.2, -0.15) is 0 Å². The van der Waals surface area contributed by atoms with E-state index in [2.05, 4.69) is 10.6 Å². The third kappa shape index (κ3) is 5.43. The van der Waals surface area contributed by atoms with Crippen molar-refractivity contribution in [1.82, 2.24) is 5.32 Å². The second-order valence-electron chi connectivity index (χ2n) is 6.25. The van der Waals surface area contributed by atoms with Crippen molar-refractivity contribution in [3.05, 3.63) is 77.4 Å². The monoisotopic (exact) mass is 440 g/mol. The van der Waals surface area contributed by atoms with Gasteiger partial charge in [-0.3, -0.25) is 0 Å². The lowest BCUT2D eigenvalue weighted by Crippen LogP contribution is -2.28. The van der Waals surface area contributed by atoms with Crippen LogP contribution in [0, 0.1) is 0 Å². The highest BCUT2D eigenvalue weighted by molar-refractivity contribution is 7.80. The third-order valence-corrected chi connectivity index (χ3v) is 5.51. The number of esters is 1. The Bertz CT molecular complexity index is 1050. The number of hydrogen-bond acceptors (Lipinski definition) is 5. The second kappa shape index (κ2) is 10.00. The summed E-state index contributed by atoms with van der Waals surface area (Å²) in [5, 5.41) is 16.1. The fraction of sp³-hybridized carbons (Fsp3) is 0.136. The van der Waals surface area contributed by atoms with E-state index in [-0.39, 0.29) is 12.2 Å². The first-order valence-electron chi connectivity index (χ1n) is 9.21. The zero-order valence-corrected chi connectivity index (χ0v) is 17.8. The molecule has 8 heteroatoms. The highest BCUT2D eigenvalue weighted by atomic mass is 32.1. The quantitative estimate of drug-likeness (QED) is 0.360. The minimum atomic E-state index is -0.967. The maximum Gasteiger partial charge on any atom is 0.341 e. The molecule has 0 atom stereocenters. The summed E-state index contributed by atoms with van der Waals surface area (Å²) in [7, 11) is 0. The van der Waals surface area contributed by atoms with Crippen LogP contribution in [0.15, 0.2) is 60.7 Å². The first kappa shape index (κ1) is 21.5. The van der Waals surface area contributed by atoms with Gasteiger partial charge in [-0.05, 0) is 48.5 Å². The lowest BCUT2D eigenvalue weighted by Gasteiger charge is -2.11. The van der Waals surface area contributed by atoms with Crippen LogP contribution in [-0.4, -0.2) is 28.8 Å². The van der Waals surface area contributed by atoms with Crippen LogP contribution in [0.5, 0.6) is 0 Å². The van der Waals surface area contributed by atoms with Gasteiger partial charge in [0, 0.05) is 11.4 Å². The number of carboxylic acid groups (broad SMARTS) is 1. The second-order valence-corrected chi connectivity index (χ2v) is 7.71. The molecule has 30 heavy (non-hydrogen) atoms. The van der Waals surface area contributed by atoms with Gasteiger partial charge < -0.3 is 20.5 Å². The maximum atomic E-state index is 12.4. The molecule has 0 bridgehead atoms. The molecule has 0 aliphatic carbocycles. The Kier molecular flexibility index (Phi) is 7.16. The number of aromatic carboxylic acids is 1. The number of carbonyl (C=O) groups is 2. The lowest BCUT2D eigenvalue weighted by atomic mass is 10.1. The molecular weight excluding hydrogens is 420 g/mol. The van der Waals surface area contributed by atoms with Crippen LogP contribution >= 0.6 is 23.6 Å². The number of hydrogen-bond donors (Lipinski definition) is 3. The Hall–Kier alpha value is -3.23. The van der Waals surface area contributed by atoms with Crippen molar-refractivity contribution in [2.24, 2.45) is 0 Å². The first-order chi connectivity index (χ1) is 14.5. The van der Waals surface area contributed by atoms with E-state index < -0.39 is 11.9 Å². The fourth-order valence-electron chi connectivity index (χ4n) is 2.68. The molecule has 0 amide bonds. The van der Waals surface area contributed by atoms with Gasteiger partial charge >= 0.3 is 11.9 Å². The van der Waals surface area contributed by atoms with E-state index in [0.29, 0.717) is 22.2 Å². The van der Waals surface area contributed by atoms with Gasteiger partial charge in [-0.1, -0.05) is 42.5 Å². The minimum absolute atomic E-state index is 0.227. The molecule has 154 valence electrons. The van der Waals surface area contributed by atoms with Crippen molar-refractivity contribution in [1.29, 1.82) is 0 Å². The van der Waals surface area contributed by atoms with Crippen LogP contribution in [0.4, 0.5) is 5.00 Å².